The lowest BCUT2D eigenvalue weighted by Crippen LogP contribution is -2.53. The average molecular weight is 473 g/mol. The molecule has 30 heavy (non-hydrogen) atoms. The van der Waals surface area contributed by atoms with Crippen LogP contribution < -0.4 is 10.1 Å². The van der Waals surface area contributed by atoms with E-state index < -0.39 is 5.60 Å². The van der Waals surface area contributed by atoms with E-state index in [9.17, 15) is 4.79 Å². The Morgan fingerprint density at radius 1 is 1.03 bits per heavy atom. The molecule has 164 valence electrons. The highest BCUT2D eigenvalue weighted by atomic mass is 35.5. The van der Waals surface area contributed by atoms with E-state index in [4.69, 9.17) is 44.3 Å². The molecule has 2 aromatic rings. The van der Waals surface area contributed by atoms with Crippen molar-refractivity contribution < 1.29 is 14.3 Å². The van der Waals surface area contributed by atoms with Crippen LogP contribution in [0.3, 0.4) is 0 Å². The van der Waals surface area contributed by atoms with E-state index in [0.29, 0.717) is 33.8 Å². The summed E-state index contributed by atoms with van der Waals surface area (Å²) in [5.74, 6) is 0.174. The van der Waals surface area contributed by atoms with E-state index in [1.807, 2.05) is 31.2 Å². The summed E-state index contributed by atoms with van der Waals surface area (Å²) in [6, 6.07) is 12.3. The maximum Gasteiger partial charge on any atom is 0.263 e. The van der Waals surface area contributed by atoms with Gasteiger partial charge in [0.05, 0.1) is 12.1 Å². The second-order valence-corrected chi connectivity index (χ2v) is 9.03. The summed E-state index contributed by atoms with van der Waals surface area (Å²) in [5.41, 5.74) is -0.0385. The molecule has 1 N–H and O–H groups in total. The van der Waals surface area contributed by atoms with Crippen LogP contribution >= 0.6 is 34.8 Å². The molecule has 2 atom stereocenters. The van der Waals surface area contributed by atoms with Crippen LogP contribution in [0.2, 0.25) is 15.1 Å². The normalized spacial score (nSPS) is 13.6. The molecule has 1 amide bonds. The molecule has 0 aromatic heterocycles. The number of benzene rings is 2. The van der Waals surface area contributed by atoms with Crippen molar-refractivity contribution in [2.45, 2.75) is 58.3 Å². The van der Waals surface area contributed by atoms with Crippen molar-refractivity contribution in [3.63, 3.8) is 0 Å². The molecule has 0 fully saturated rings. The van der Waals surface area contributed by atoms with E-state index >= 15 is 0 Å². The highest BCUT2D eigenvalue weighted by Gasteiger charge is 2.33. The zero-order valence-corrected chi connectivity index (χ0v) is 19.9. The molecule has 0 aliphatic heterocycles. The van der Waals surface area contributed by atoms with Gasteiger partial charge in [0.25, 0.3) is 5.91 Å². The third kappa shape index (κ3) is 7.66. The summed E-state index contributed by atoms with van der Waals surface area (Å²) in [4.78, 5) is 12.9. The number of hydrogen-bond donors (Lipinski definition) is 1. The number of ether oxygens (including phenoxy) is 2. The molecular formula is C23H28Cl3NO3. The van der Waals surface area contributed by atoms with Crippen molar-refractivity contribution in [3.05, 3.63) is 63.1 Å². The van der Waals surface area contributed by atoms with Crippen LogP contribution in [0.1, 0.15) is 39.7 Å². The molecule has 0 bridgehead atoms. The van der Waals surface area contributed by atoms with E-state index in [2.05, 4.69) is 12.2 Å². The highest BCUT2D eigenvalue weighted by Crippen LogP contribution is 2.27. The molecule has 4 nitrogen and oxygen atoms in total. The smallest absolute Gasteiger partial charge is 0.263 e. The molecule has 0 saturated heterocycles. The summed E-state index contributed by atoms with van der Waals surface area (Å²) >= 11 is 18.0. The van der Waals surface area contributed by atoms with Gasteiger partial charge in [0.2, 0.25) is 0 Å². The molecule has 0 saturated carbocycles. The van der Waals surface area contributed by atoms with Gasteiger partial charge in [-0.05, 0) is 63.1 Å². The van der Waals surface area contributed by atoms with Gasteiger partial charge in [0, 0.05) is 28.1 Å². The summed E-state index contributed by atoms with van der Waals surface area (Å²) in [6.45, 7) is 7.99. The second-order valence-electron chi connectivity index (χ2n) is 7.72. The summed E-state index contributed by atoms with van der Waals surface area (Å²) < 4.78 is 11.9. The van der Waals surface area contributed by atoms with Crippen LogP contribution in [0, 0.1) is 0 Å². The Hall–Kier alpha value is -1.46. The largest absolute Gasteiger partial charge is 0.478 e. The van der Waals surface area contributed by atoms with E-state index in [0.717, 1.165) is 12.0 Å². The molecular weight excluding hydrogens is 445 g/mol. The Morgan fingerprint density at radius 3 is 2.20 bits per heavy atom. The Labute approximate surface area is 193 Å². The molecule has 7 heteroatoms. The standard InChI is InChI=1S/C23H28Cl3NO3/c1-5-10-29-21(11-16-6-8-17(24)9-7-16)15(2)27-22(28)23(3,4)30-20-13-18(25)12-19(26)14-20/h6-9,12-15,21H,5,10-11H2,1-4H3,(H,27,28). The maximum absolute atomic E-state index is 12.9. The Balaban J connectivity index is 2.06. The number of halogens is 3. The Kier molecular flexibility index (Phi) is 9.30. The minimum Gasteiger partial charge on any atom is -0.478 e. The predicted molar refractivity (Wildman–Crippen MR) is 124 cm³/mol. The van der Waals surface area contributed by atoms with Gasteiger partial charge in [-0.2, -0.15) is 0 Å². The quantitative estimate of drug-likeness (QED) is 0.438. The fourth-order valence-electron chi connectivity index (χ4n) is 2.90. The maximum atomic E-state index is 12.9. The van der Waals surface area contributed by atoms with Crippen LogP contribution in [-0.4, -0.2) is 30.3 Å². The minimum absolute atomic E-state index is 0.188. The first-order valence-corrected chi connectivity index (χ1v) is 11.1. The number of hydrogen-bond acceptors (Lipinski definition) is 3. The van der Waals surface area contributed by atoms with Gasteiger partial charge >= 0.3 is 0 Å². The second kappa shape index (κ2) is 11.2. The number of rotatable bonds is 10. The van der Waals surface area contributed by atoms with Crippen molar-refractivity contribution in [2.24, 2.45) is 0 Å². The number of amides is 1. The minimum atomic E-state index is -1.13. The molecule has 2 aromatic carbocycles. The SMILES string of the molecule is CCCOC(Cc1ccc(Cl)cc1)C(C)NC(=O)C(C)(C)Oc1cc(Cl)cc(Cl)c1. The lowest BCUT2D eigenvalue weighted by atomic mass is 10.0. The van der Waals surface area contributed by atoms with Gasteiger partial charge in [-0.25, -0.2) is 0 Å². The molecule has 0 heterocycles. The number of carbonyl (C=O) groups is 1. The molecule has 0 aliphatic carbocycles. The van der Waals surface area contributed by atoms with E-state index in [1.54, 1.807) is 32.0 Å². The van der Waals surface area contributed by atoms with Crippen LogP contribution in [-0.2, 0) is 16.0 Å². The summed E-state index contributed by atoms with van der Waals surface area (Å²) in [5, 5.41) is 4.60. The van der Waals surface area contributed by atoms with Crippen molar-refractivity contribution in [3.8, 4) is 5.75 Å². The van der Waals surface area contributed by atoms with Gasteiger partial charge in [-0.1, -0.05) is 53.9 Å². The lowest BCUT2D eigenvalue weighted by Gasteiger charge is -2.30. The van der Waals surface area contributed by atoms with Crippen molar-refractivity contribution in [1.82, 2.24) is 5.32 Å². The summed E-state index contributed by atoms with van der Waals surface area (Å²) in [7, 11) is 0. The number of nitrogens with one attached hydrogen (secondary N) is 1. The molecule has 0 spiro atoms. The van der Waals surface area contributed by atoms with Crippen LogP contribution in [0.5, 0.6) is 5.75 Å². The van der Waals surface area contributed by atoms with Crippen molar-refractivity contribution >= 4 is 40.7 Å². The number of carbonyl (C=O) groups excluding carboxylic acids is 1. The molecule has 0 radical (unpaired) electrons. The van der Waals surface area contributed by atoms with Crippen LogP contribution in [0.4, 0.5) is 0 Å². The Morgan fingerprint density at radius 2 is 1.63 bits per heavy atom. The fourth-order valence-corrected chi connectivity index (χ4v) is 3.54. The van der Waals surface area contributed by atoms with Gasteiger partial charge in [-0.3, -0.25) is 4.79 Å². The van der Waals surface area contributed by atoms with Crippen LogP contribution in [0.25, 0.3) is 0 Å². The first-order chi connectivity index (χ1) is 14.1. The van der Waals surface area contributed by atoms with Gasteiger partial charge in [-0.15, -0.1) is 0 Å². The molecule has 2 unspecified atom stereocenters. The fraction of sp³-hybridized carbons (Fsp3) is 0.435. The van der Waals surface area contributed by atoms with E-state index in [-0.39, 0.29) is 18.1 Å². The van der Waals surface area contributed by atoms with Crippen molar-refractivity contribution in [1.29, 1.82) is 0 Å². The molecule has 2 rings (SSSR count). The third-order valence-electron chi connectivity index (χ3n) is 4.56. The Bertz CT molecular complexity index is 820. The first kappa shape index (κ1) is 24.8. The third-order valence-corrected chi connectivity index (χ3v) is 5.25. The highest BCUT2D eigenvalue weighted by molar-refractivity contribution is 6.34. The topological polar surface area (TPSA) is 47.6 Å². The van der Waals surface area contributed by atoms with Gasteiger partial charge in [0.1, 0.15) is 5.75 Å². The predicted octanol–water partition coefficient (Wildman–Crippen LogP) is 6.35. The first-order valence-electron chi connectivity index (χ1n) is 9.93. The summed E-state index contributed by atoms with van der Waals surface area (Å²) in [6.07, 6.45) is 1.36. The van der Waals surface area contributed by atoms with Crippen molar-refractivity contribution in [2.75, 3.05) is 6.61 Å². The molecule has 0 aliphatic rings. The monoisotopic (exact) mass is 471 g/mol. The van der Waals surface area contributed by atoms with Gasteiger partial charge in [0.15, 0.2) is 5.60 Å². The zero-order valence-electron chi connectivity index (χ0n) is 17.7. The van der Waals surface area contributed by atoms with Gasteiger partial charge < -0.3 is 14.8 Å². The van der Waals surface area contributed by atoms with Crippen LogP contribution in [0.15, 0.2) is 42.5 Å². The average Bonchev–Trinajstić information content (AvgIpc) is 2.65. The lowest BCUT2D eigenvalue weighted by molar-refractivity contribution is -0.136. The zero-order chi connectivity index (χ0) is 22.3. The van der Waals surface area contributed by atoms with E-state index in [1.165, 1.54) is 0 Å².